The van der Waals surface area contributed by atoms with Crippen molar-refractivity contribution < 1.29 is 43.5 Å². The fraction of sp³-hybridized carbons (Fsp3) is 0.535. The molecule has 0 radical (unpaired) electrons. The molecule has 65 heavy (non-hydrogen) atoms. The number of imidazole rings is 1. The second-order valence-corrected chi connectivity index (χ2v) is 16.7. The number of nitrogens with two attached hydrogens (primary N) is 2. The maximum Gasteiger partial charge on any atom is 0.245 e. The Bertz CT molecular complexity index is 2100. The van der Waals surface area contributed by atoms with Gasteiger partial charge in [-0.25, -0.2) is 4.98 Å². The number of aliphatic hydroxyl groups excluding tert-OH is 1. The van der Waals surface area contributed by atoms with Gasteiger partial charge in [-0.15, -0.1) is 0 Å². The SMILES string of the molecule is CC(=O)N[C@@H](CO)C(=O)N[C@@H](Cc1cnc[nH]1)C(=O)N[C@@H](CC(C)C)C(=O)N[C@@H](Cc1c[nH]c2ccccc12)C(=O)N[C@@H](CC(C)C)C(=O)N[C@@H](C)C(=O)N[C@H](C=O)CCCN=C(N)N. The number of para-hydroxylation sites is 1. The lowest BCUT2D eigenvalue weighted by atomic mass is 9.99. The van der Waals surface area contributed by atoms with Crippen molar-refractivity contribution in [2.75, 3.05) is 13.2 Å². The average Bonchev–Trinajstić information content (AvgIpc) is 3.92. The number of aliphatic hydroxyl groups is 1. The number of benzene rings is 1. The second-order valence-electron chi connectivity index (χ2n) is 16.7. The minimum absolute atomic E-state index is 0.0424. The number of hydrogen-bond acceptors (Lipinski definition) is 11. The summed E-state index contributed by atoms with van der Waals surface area (Å²) in [6.07, 6.45) is 5.87. The molecule has 22 heteroatoms. The zero-order chi connectivity index (χ0) is 48.2. The molecule has 7 atom stereocenters. The average molecular weight is 908 g/mol. The molecular formula is C43H65N13O9. The lowest BCUT2D eigenvalue weighted by Gasteiger charge is -2.28. The molecule has 7 amide bonds. The topological polar surface area (TPSA) is 350 Å². The van der Waals surface area contributed by atoms with Gasteiger partial charge in [0.1, 0.15) is 42.5 Å². The van der Waals surface area contributed by atoms with Gasteiger partial charge in [-0.05, 0) is 56.1 Å². The van der Waals surface area contributed by atoms with Gasteiger partial charge in [0.15, 0.2) is 5.96 Å². The molecule has 0 aliphatic carbocycles. The van der Waals surface area contributed by atoms with E-state index in [0.29, 0.717) is 24.0 Å². The molecule has 0 fully saturated rings. The summed E-state index contributed by atoms with van der Waals surface area (Å²) >= 11 is 0. The zero-order valence-electron chi connectivity index (χ0n) is 37.7. The normalized spacial score (nSPS) is 14.4. The number of aldehydes is 1. The number of hydrogen-bond donors (Lipinski definition) is 12. The van der Waals surface area contributed by atoms with Gasteiger partial charge < -0.3 is 68.6 Å². The molecule has 0 saturated carbocycles. The molecule has 1 aromatic carbocycles. The van der Waals surface area contributed by atoms with Crippen LogP contribution in [0.4, 0.5) is 0 Å². The highest BCUT2D eigenvalue weighted by molar-refractivity contribution is 5.97. The molecular weight excluding hydrogens is 843 g/mol. The third-order valence-electron chi connectivity index (χ3n) is 10.1. The Kier molecular flexibility index (Phi) is 21.1. The van der Waals surface area contributed by atoms with Crippen molar-refractivity contribution in [3.63, 3.8) is 0 Å². The number of guanidine groups is 1. The zero-order valence-corrected chi connectivity index (χ0v) is 37.7. The summed E-state index contributed by atoms with van der Waals surface area (Å²) in [7, 11) is 0. The predicted octanol–water partition coefficient (Wildman–Crippen LogP) is -1.55. The number of amides is 7. The van der Waals surface area contributed by atoms with Crippen LogP contribution in [0.2, 0.25) is 0 Å². The number of aromatic amines is 2. The molecule has 3 aromatic rings. The van der Waals surface area contributed by atoms with E-state index >= 15 is 0 Å². The Morgan fingerprint density at radius 1 is 0.723 bits per heavy atom. The van der Waals surface area contributed by atoms with Gasteiger partial charge in [-0.3, -0.25) is 38.6 Å². The molecule has 356 valence electrons. The molecule has 0 bridgehead atoms. The maximum absolute atomic E-state index is 14.4. The van der Waals surface area contributed by atoms with E-state index in [1.807, 2.05) is 52.0 Å². The Morgan fingerprint density at radius 3 is 1.82 bits per heavy atom. The highest BCUT2D eigenvalue weighted by atomic mass is 16.3. The number of carbonyl (C=O) groups excluding carboxylic acids is 8. The van der Waals surface area contributed by atoms with Crippen LogP contribution >= 0.6 is 0 Å². The molecule has 2 aromatic heterocycles. The van der Waals surface area contributed by atoms with E-state index in [4.69, 9.17) is 11.5 Å². The van der Waals surface area contributed by atoms with Gasteiger partial charge in [0.25, 0.3) is 0 Å². The molecule has 0 unspecified atom stereocenters. The number of fused-ring (bicyclic) bond motifs is 1. The van der Waals surface area contributed by atoms with Crippen molar-refractivity contribution >= 4 is 64.5 Å². The van der Waals surface area contributed by atoms with Crippen LogP contribution in [-0.4, -0.2) is 129 Å². The molecule has 22 nitrogen and oxygen atoms in total. The fourth-order valence-corrected chi connectivity index (χ4v) is 6.87. The minimum atomic E-state index is -1.36. The Morgan fingerprint density at radius 2 is 1.28 bits per heavy atom. The summed E-state index contributed by atoms with van der Waals surface area (Å²) in [4.78, 5) is 120. The molecule has 0 spiro atoms. The molecule has 0 aliphatic rings. The van der Waals surface area contributed by atoms with Crippen LogP contribution in [0, 0.1) is 11.8 Å². The Balaban J connectivity index is 1.89. The van der Waals surface area contributed by atoms with Gasteiger partial charge >= 0.3 is 0 Å². The summed E-state index contributed by atoms with van der Waals surface area (Å²) < 4.78 is 0. The van der Waals surface area contributed by atoms with Crippen LogP contribution in [0.15, 0.2) is 48.0 Å². The van der Waals surface area contributed by atoms with Gasteiger partial charge in [-0.2, -0.15) is 0 Å². The van der Waals surface area contributed by atoms with Crippen molar-refractivity contribution in [2.24, 2.45) is 28.3 Å². The van der Waals surface area contributed by atoms with Crippen LogP contribution in [0.3, 0.4) is 0 Å². The van der Waals surface area contributed by atoms with E-state index in [-0.39, 0.29) is 56.4 Å². The minimum Gasteiger partial charge on any atom is -0.394 e. The monoisotopic (exact) mass is 908 g/mol. The highest BCUT2D eigenvalue weighted by Gasteiger charge is 2.34. The number of rotatable bonds is 27. The fourth-order valence-electron chi connectivity index (χ4n) is 6.87. The Labute approximate surface area is 377 Å². The van der Waals surface area contributed by atoms with E-state index in [9.17, 15) is 43.5 Å². The first-order valence-electron chi connectivity index (χ1n) is 21.5. The van der Waals surface area contributed by atoms with Crippen molar-refractivity contribution in [1.29, 1.82) is 0 Å². The number of carbonyl (C=O) groups is 8. The van der Waals surface area contributed by atoms with Crippen LogP contribution in [0.1, 0.15) is 78.5 Å². The van der Waals surface area contributed by atoms with E-state index in [1.165, 1.54) is 26.4 Å². The lowest BCUT2D eigenvalue weighted by molar-refractivity contribution is -0.136. The molecule has 3 rings (SSSR count). The lowest BCUT2D eigenvalue weighted by Crippen LogP contribution is -2.60. The smallest absolute Gasteiger partial charge is 0.245 e. The Hall–Kier alpha value is -6.84. The van der Waals surface area contributed by atoms with E-state index < -0.39 is 90.3 Å². The van der Waals surface area contributed by atoms with Crippen LogP contribution < -0.4 is 48.7 Å². The third kappa shape index (κ3) is 17.7. The van der Waals surface area contributed by atoms with Gasteiger partial charge in [0, 0.05) is 55.3 Å². The summed E-state index contributed by atoms with van der Waals surface area (Å²) in [6, 6.07) is -0.989. The summed E-state index contributed by atoms with van der Waals surface area (Å²) in [5.41, 5.74) is 12.6. The van der Waals surface area contributed by atoms with Gasteiger partial charge in [0.2, 0.25) is 41.4 Å². The summed E-state index contributed by atoms with van der Waals surface area (Å²) in [6.45, 7) is 9.45. The van der Waals surface area contributed by atoms with Crippen LogP contribution in [0.5, 0.6) is 0 Å². The number of nitrogens with one attached hydrogen (secondary N) is 9. The van der Waals surface area contributed by atoms with Crippen molar-refractivity contribution in [1.82, 2.24) is 52.2 Å². The van der Waals surface area contributed by atoms with Crippen molar-refractivity contribution in [3.05, 3.63) is 54.2 Å². The summed E-state index contributed by atoms with van der Waals surface area (Å²) in [5.74, 6) is -5.36. The molecule has 2 heterocycles. The van der Waals surface area contributed by atoms with E-state index in [1.54, 1.807) is 6.20 Å². The summed E-state index contributed by atoms with van der Waals surface area (Å²) in [5, 5.41) is 28.9. The standard InChI is InChI=1S/C43H65N13O9/c1-23(2)14-32(38(61)50-25(5)37(60)52-28(20-57)10-9-13-47-43(44)45)53-40(63)34(16-27-18-48-31-12-8-7-11-30(27)31)55-39(62)33(15-24(3)4)54-41(64)35(17-29-19-46-22-49-29)56-42(65)36(21-58)51-26(6)59/h7-8,11-12,18-20,22-25,28,32-36,48,58H,9-10,13-17,21H2,1-6H3,(H,46,49)(H,50,61)(H,51,59)(H,52,60)(H,53,63)(H,54,64)(H,55,62)(H,56,65)(H4,44,45,47)/t25-,28-,32-,33-,34-,35-,36-/m0/s1. The number of H-pyrrole nitrogens is 2. The van der Waals surface area contributed by atoms with Gasteiger partial charge in [0.05, 0.1) is 19.0 Å². The van der Waals surface area contributed by atoms with Crippen LogP contribution in [-0.2, 0) is 51.2 Å². The number of aliphatic imine (C=N–C) groups is 1. The molecule has 14 N–H and O–H groups in total. The molecule has 0 saturated heterocycles. The first kappa shape index (κ1) is 52.5. The first-order valence-corrected chi connectivity index (χ1v) is 21.5. The quantitative estimate of drug-likeness (QED) is 0.0179. The third-order valence-corrected chi connectivity index (χ3v) is 10.1. The molecule has 0 aliphatic heterocycles. The highest BCUT2D eigenvalue weighted by Crippen LogP contribution is 2.20. The van der Waals surface area contributed by atoms with Crippen LogP contribution in [0.25, 0.3) is 10.9 Å². The first-order chi connectivity index (χ1) is 30.8. The van der Waals surface area contributed by atoms with Crippen molar-refractivity contribution in [2.45, 2.75) is 122 Å². The van der Waals surface area contributed by atoms with Crippen molar-refractivity contribution in [3.8, 4) is 0 Å². The number of nitrogens with zero attached hydrogens (tertiary/aromatic N) is 2. The van der Waals surface area contributed by atoms with E-state index in [2.05, 4.69) is 57.2 Å². The maximum atomic E-state index is 14.4. The van der Waals surface area contributed by atoms with Gasteiger partial charge in [-0.1, -0.05) is 45.9 Å². The predicted molar refractivity (Wildman–Crippen MR) is 241 cm³/mol. The van der Waals surface area contributed by atoms with E-state index in [0.717, 1.165) is 10.9 Å². The second kappa shape index (κ2) is 26.1. The largest absolute Gasteiger partial charge is 0.394 e. The number of aromatic nitrogens is 3.